The average molecular weight is 231 g/mol. The number of aliphatic hydroxyl groups excluding tert-OH is 1. The summed E-state index contributed by atoms with van der Waals surface area (Å²) in [5.74, 6) is 0.630. The number of nitrogens with zero attached hydrogens (tertiary/aromatic N) is 1. The van der Waals surface area contributed by atoms with Crippen molar-refractivity contribution in [3.63, 3.8) is 0 Å². The smallest absolute Gasteiger partial charge is 0.0553 e. The molecule has 0 bridgehead atoms. The Bertz CT molecular complexity index is 453. The zero-order valence-electron chi connectivity index (χ0n) is 10.9. The van der Waals surface area contributed by atoms with E-state index in [4.69, 9.17) is 0 Å². The van der Waals surface area contributed by atoms with Crippen molar-refractivity contribution in [2.24, 2.45) is 5.92 Å². The highest BCUT2D eigenvalue weighted by Crippen LogP contribution is 2.23. The fraction of sp³-hybridized carbons (Fsp3) is 0.467. The maximum absolute atomic E-state index is 9.55. The molecule has 2 heteroatoms. The van der Waals surface area contributed by atoms with Crippen molar-refractivity contribution in [1.82, 2.24) is 4.57 Å². The standard InChI is InChI=1S/C15H21NO/c1-11(2)9-16-10-13(8-12(3)17)14-6-4-5-7-15(14)16/h4-7,10-12,17H,8-9H2,1-3H3. The van der Waals surface area contributed by atoms with Crippen LogP contribution in [0.25, 0.3) is 10.9 Å². The monoisotopic (exact) mass is 231 g/mol. The maximum atomic E-state index is 9.55. The van der Waals surface area contributed by atoms with Crippen molar-refractivity contribution in [2.75, 3.05) is 0 Å². The Morgan fingerprint density at radius 1 is 1.18 bits per heavy atom. The molecule has 2 rings (SSSR count). The molecule has 1 unspecified atom stereocenters. The summed E-state index contributed by atoms with van der Waals surface area (Å²) in [4.78, 5) is 0. The highest BCUT2D eigenvalue weighted by atomic mass is 16.3. The molecule has 0 saturated carbocycles. The molecule has 1 aromatic heterocycles. The van der Waals surface area contributed by atoms with Crippen molar-refractivity contribution >= 4 is 10.9 Å². The van der Waals surface area contributed by atoms with Gasteiger partial charge in [0, 0.05) is 30.1 Å². The van der Waals surface area contributed by atoms with Crippen LogP contribution in [0.2, 0.25) is 0 Å². The summed E-state index contributed by atoms with van der Waals surface area (Å²) in [6, 6.07) is 8.44. The fourth-order valence-corrected chi connectivity index (χ4v) is 2.35. The van der Waals surface area contributed by atoms with Gasteiger partial charge in [-0.1, -0.05) is 32.0 Å². The second-order valence-corrected chi connectivity index (χ2v) is 5.27. The largest absolute Gasteiger partial charge is 0.393 e. The first kappa shape index (κ1) is 12.2. The molecule has 1 aromatic carbocycles. The number of hydrogen-bond acceptors (Lipinski definition) is 1. The zero-order valence-corrected chi connectivity index (χ0v) is 10.9. The van der Waals surface area contributed by atoms with Gasteiger partial charge in [0.25, 0.3) is 0 Å². The van der Waals surface area contributed by atoms with Gasteiger partial charge in [0.1, 0.15) is 0 Å². The van der Waals surface area contributed by atoms with E-state index >= 15 is 0 Å². The SMILES string of the molecule is CC(C)Cn1cc(CC(C)O)c2ccccc21. The number of benzene rings is 1. The predicted molar refractivity (Wildman–Crippen MR) is 72.2 cm³/mol. The van der Waals surface area contributed by atoms with Crippen LogP contribution in [-0.2, 0) is 13.0 Å². The summed E-state index contributed by atoms with van der Waals surface area (Å²) >= 11 is 0. The molecule has 1 N–H and O–H groups in total. The van der Waals surface area contributed by atoms with Gasteiger partial charge in [0.15, 0.2) is 0 Å². The molecule has 2 nitrogen and oxygen atoms in total. The van der Waals surface area contributed by atoms with Crippen LogP contribution < -0.4 is 0 Å². The molecule has 0 saturated heterocycles. The quantitative estimate of drug-likeness (QED) is 0.858. The minimum Gasteiger partial charge on any atom is -0.393 e. The van der Waals surface area contributed by atoms with Crippen molar-refractivity contribution in [1.29, 1.82) is 0 Å². The van der Waals surface area contributed by atoms with Gasteiger partial charge in [-0.15, -0.1) is 0 Å². The summed E-state index contributed by atoms with van der Waals surface area (Å²) in [6.45, 7) is 7.32. The van der Waals surface area contributed by atoms with E-state index in [-0.39, 0.29) is 6.10 Å². The molecule has 0 aliphatic heterocycles. The van der Waals surface area contributed by atoms with E-state index in [9.17, 15) is 5.11 Å². The Balaban J connectivity index is 2.46. The summed E-state index contributed by atoms with van der Waals surface area (Å²) < 4.78 is 2.30. The van der Waals surface area contributed by atoms with Crippen molar-refractivity contribution in [3.8, 4) is 0 Å². The number of aromatic nitrogens is 1. The lowest BCUT2D eigenvalue weighted by Gasteiger charge is -2.07. The topological polar surface area (TPSA) is 25.2 Å². The second-order valence-electron chi connectivity index (χ2n) is 5.27. The Morgan fingerprint density at radius 2 is 1.88 bits per heavy atom. The first-order valence-electron chi connectivity index (χ1n) is 6.32. The van der Waals surface area contributed by atoms with Gasteiger partial charge in [0.2, 0.25) is 0 Å². The van der Waals surface area contributed by atoms with E-state index in [1.807, 2.05) is 6.92 Å². The van der Waals surface area contributed by atoms with Gasteiger partial charge in [0.05, 0.1) is 6.10 Å². The van der Waals surface area contributed by atoms with Gasteiger partial charge in [-0.05, 0) is 24.5 Å². The molecule has 2 aromatic rings. The number of fused-ring (bicyclic) bond motifs is 1. The van der Waals surface area contributed by atoms with E-state index in [2.05, 4.69) is 48.9 Å². The molecule has 0 fully saturated rings. The van der Waals surface area contributed by atoms with E-state index < -0.39 is 0 Å². The lowest BCUT2D eigenvalue weighted by Crippen LogP contribution is -2.04. The molecule has 0 amide bonds. The van der Waals surface area contributed by atoms with Crippen LogP contribution in [0.4, 0.5) is 0 Å². The van der Waals surface area contributed by atoms with Crippen LogP contribution >= 0.6 is 0 Å². The summed E-state index contributed by atoms with van der Waals surface area (Å²) in [7, 11) is 0. The number of aliphatic hydroxyl groups is 1. The van der Waals surface area contributed by atoms with Gasteiger partial charge in [-0.3, -0.25) is 0 Å². The highest BCUT2D eigenvalue weighted by molar-refractivity contribution is 5.84. The van der Waals surface area contributed by atoms with E-state index in [0.29, 0.717) is 5.92 Å². The highest BCUT2D eigenvalue weighted by Gasteiger charge is 2.10. The van der Waals surface area contributed by atoms with Gasteiger partial charge >= 0.3 is 0 Å². The molecule has 0 aliphatic carbocycles. The van der Waals surface area contributed by atoms with Gasteiger partial charge in [-0.2, -0.15) is 0 Å². The summed E-state index contributed by atoms with van der Waals surface area (Å²) in [5.41, 5.74) is 2.52. The number of para-hydroxylation sites is 1. The van der Waals surface area contributed by atoms with Crippen LogP contribution in [0.15, 0.2) is 30.5 Å². The van der Waals surface area contributed by atoms with Gasteiger partial charge < -0.3 is 9.67 Å². The molecule has 0 aliphatic rings. The number of rotatable bonds is 4. The van der Waals surface area contributed by atoms with E-state index in [0.717, 1.165) is 13.0 Å². The maximum Gasteiger partial charge on any atom is 0.0553 e. The normalized spacial score (nSPS) is 13.5. The van der Waals surface area contributed by atoms with E-state index in [1.54, 1.807) is 0 Å². The van der Waals surface area contributed by atoms with E-state index in [1.165, 1.54) is 16.5 Å². The Morgan fingerprint density at radius 3 is 2.53 bits per heavy atom. The van der Waals surface area contributed by atoms with Crippen molar-refractivity contribution in [3.05, 3.63) is 36.0 Å². The van der Waals surface area contributed by atoms with Gasteiger partial charge in [-0.25, -0.2) is 0 Å². The average Bonchev–Trinajstić information content (AvgIpc) is 2.56. The lowest BCUT2D eigenvalue weighted by atomic mass is 10.1. The second kappa shape index (κ2) is 4.92. The molecule has 1 atom stereocenters. The third kappa shape index (κ3) is 2.70. The molecule has 0 radical (unpaired) electrons. The van der Waals surface area contributed by atoms with Crippen LogP contribution in [0, 0.1) is 5.92 Å². The lowest BCUT2D eigenvalue weighted by molar-refractivity contribution is 0.196. The third-order valence-corrected chi connectivity index (χ3v) is 2.95. The zero-order chi connectivity index (χ0) is 12.4. The van der Waals surface area contributed by atoms with Crippen LogP contribution in [0.1, 0.15) is 26.3 Å². The molecule has 1 heterocycles. The van der Waals surface area contributed by atoms with Crippen LogP contribution in [-0.4, -0.2) is 15.8 Å². The predicted octanol–water partition coefficient (Wildman–Crippen LogP) is 3.22. The Hall–Kier alpha value is -1.28. The third-order valence-electron chi connectivity index (χ3n) is 2.95. The van der Waals surface area contributed by atoms with Crippen LogP contribution in [0.5, 0.6) is 0 Å². The first-order valence-corrected chi connectivity index (χ1v) is 6.32. The molecule has 92 valence electrons. The minimum absolute atomic E-state index is 0.284. The Kier molecular flexibility index (Phi) is 3.53. The van der Waals surface area contributed by atoms with Crippen molar-refractivity contribution in [2.45, 2.75) is 39.8 Å². The minimum atomic E-state index is -0.284. The molecule has 17 heavy (non-hydrogen) atoms. The number of hydrogen-bond donors (Lipinski definition) is 1. The molecular formula is C15H21NO. The fourth-order valence-electron chi connectivity index (χ4n) is 2.35. The first-order chi connectivity index (χ1) is 8.08. The molecular weight excluding hydrogens is 210 g/mol. The van der Waals surface area contributed by atoms with Crippen molar-refractivity contribution < 1.29 is 5.11 Å². The summed E-state index contributed by atoms with van der Waals surface area (Å²) in [5, 5.41) is 10.8. The van der Waals surface area contributed by atoms with Crippen LogP contribution in [0.3, 0.4) is 0 Å². The summed E-state index contributed by atoms with van der Waals surface area (Å²) in [6.07, 6.45) is 2.64. The molecule has 0 spiro atoms. The Labute approximate surface area is 103 Å².